The molecule has 1 saturated heterocycles. The van der Waals surface area contributed by atoms with Crippen molar-refractivity contribution in [2.75, 3.05) is 24.5 Å². The first-order chi connectivity index (χ1) is 13.2. The molecule has 2 aromatic rings. The molecule has 1 amide bonds. The molecule has 1 aliphatic carbocycles. The van der Waals surface area contributed by atoms with E-state index in [0.29, 0.717) is 11.8 Å². The van der Waals surface area contributed by atoms with Crippen LogP contribution in [-0.4, -0.2) is 30.4 Å². The number of hydrogen-bond donors (Lipinski definition) is 0. The summed E-state index contributed by atoms with van der Waals surface area (Å²) in [6.45, 7) is 4.30. The second kappa shape index (κ2) is 7.06. The summed E-state index contributed by atoms with van der Waals surface area (Å²) in [5.41, 5.74) is 5.27. The van der Waals surface area contributed by atoms with E-state index in [-0.39, 0.29) is 5.92 Å². The van der Waals surface area contributed by atoms with Crippen molar-refractivity contribution < 1.29 is 4.79 Å². The third-order valence-electron chi connectivity index (χ3n) is 6.37. The van der Waals surface area contributed by atoms with Gasteiger partial charge in [-0.05, 0) is 79.6 Å². The van der Waals surface area contributed by atoms with Gasteiger partial charge in [-0.25, -0.2) is 0 Å². The molecule has 0 spiro atoms. The van der Waals surface area contributed by atoms with Gasteiger partial charge in [-0.3, -0.25) is 9.69 Å². The van der Waals surface area contributed by atoms with Gasteiger partial charge in [0.15, 0.2) is 0 Å². The van der Waals surface area contributed by atoms with Crippen molar-refractivity contribution in [3.8, 4) is 0 Å². The number of hydrogen-bond acceptors (Lipinski definition) is 2. The quantitative estimate of drug-likeness (QED) is 0.707. The molecule has 2 unspecified atom stereocenters. The summed E-state index contributed by atoms with van der Waals surface area (Å²) >= 11 is 3.55. The molecular formula is C23H25BrN2O. The summed E-state index contributed by atoms with van der Waals surface area (Å²) in [6, 6.07) is 14.9. The number of nitrogens with zero attached hydrogens (tertiary/aromatic N) is 2. The molecule has 2 atom stereocenters. The minimum absolute atomic E-state index is 0.146. The molecule has 2 heterocycles. The lowest BCUT2D eigenvalue weighted by Gasteiger charge is -2.20. The highest BCUT2D eigenvalue weighted by atomic mass is 79.9. The molecule has 2 aromatic carbocycles. The van der Waals surface area contributed by atoms with Crippen LogP contribution in [0.3, 0.4) is 0 Å². The Hall–Kier alpha value is -1.65. The summed E-state index contributed by atoms with van der Waals surface area (Å²) in [4.78, 5) is 17.8. The zero-order valence-corrected chi connectivity index (χ0v) is 17.1. The Morgan fingerprint density at radius 1 is 1.07 bits per heavy atom. The van der Waals surface area contributed by atoms with Crippen molar-refractivity contribution in [1.29, 1.82) is 0 Å². The predicted octanol–water partition coefficient (Wildman–Crippen LogP) is 4.74. The fraction of sp³-hybridized carbons (Fsp3) is 0.435. The summed E-state index contributed by atoms with van der Waals surface area (Å²) in [7, 11) is 0. The molecule has 0 aromatic heterocycles. The maximum Gasteiger partial charge on any atom is 0.230 e. The Morgan fingerprint density at radius 2 is 1.89 bits per heavy atom. The van der Waals surface area contributed by atoms with Gasteiger partial charge in [0.1, 0.15) is 0 Å². The lowest BCUT2D eigenvalue weighted by Crippen LogP contribution is -2.30. The van der Waals surface area contributed by atoms with Crippen LogP contribution in [0.15, 0.2) is 46.9 Å². The molecule has 3 aliphatic rings. The molecule has 2 aliphatic heterocycles. The van der Waals surface area contributed by atoms with Gasteiger partial charge in [0, 0.05) is 29.2 Å². The molecule has 4 heteroatoms. The van der Waals surface area contributed by atoms with Gasteiger partial charge in [0.05, 0.1) is 0 Å². The Bertz CT molecular complexity index is 874. The lowest BCUT2D eigenvalue weighted by molar-refractivity contribution is -0.119. The zero-order valence-electron chi connectivity index (χ0n) is 15.5. The third kappa shape index (κ3) is 3.34. The molecule has 2 fully saturated rings. The van der Waals surface area contributed by atoms with E-state index in [0.717, 1.165) is 36.1 Å². The number of halogens is 1. The lowest BCUT2D eigenvalue weighted by atomic mass is 10.0. The number of likely N-dealkylation sites (tertiary alicyclic amines) is 1. The van der Waals surface area contributed by atoms with Crippen LogP contribution >= 0.6 is 15.9 Å². The van der Waals surface area contributed by atoms with Gasteiger partial charge >= 0.3 is 0 Å². The summed E-state index contributed by atoms with van der Waals surface area (Å²) in [5, 5.41) is 0. The topological polar surface area (TPSA) is 23.6 Å². The minimum atomic E-state index is 0.146. The number of rotatable bonds is 4. The SMILES string of the molecule is O=C(C1CC1c1cccc(Br)c1)N1CCc2c(CN3CCCC3)cccc21. The van der Waals surface area contributed by atoms with Crippen LogP contribution in [0, 0.1) is 5.92 Å². The van der Waals surface area contributed by atoms with E-state index in [1.807, 2.05) is 6.07 Å². The van der Waals surface area contributed by atoms with E-state index in [4.69, 9.17) is 0 Å². The average Bonchev–Trinajstić information content (AvgIpc) is 3.08. The normalized spacial score (nSPS) is 24.3. The van der Waals surface area contributed by atoms with Crippen molar-refractivity contribution >= 4 is 27.5 Å². The molecule has 140 valence electrons. The minimum Gasteiger partial charge on any atom is -0.312 e. The smallest absolute Gasteiger partial charge is 0.230 e. The van der Waals surface area contributed by atoms with E-state index in [1.165, 1.54) is 42.6 Å². The Labute approximate surface area is 169 Å². The average molecular weight is 425 g/mol. The maximum absolute atomic E-state index is 13.2. The van der Waals surface area contributed by atoms with Crippen LogP contribution < -0.4 is 4.90 Å². The van der Waals surface area contributed by atoms with Gasteiger partial charge in [0.25, 0.3) is 0 Å². The van der Waals surface area contributed by atoms with Crippen molar-refractivity contribution in [3.05, 3.63) is 63.6 Å². The largest absolute Gasteiger partial charge is 0.312 e. The highest BCUT2D eigenvalue weighted by Crippen LogP contribution is 2.50. The fourth-order valence-corrected chi connectivity index (χ4v) is 5.26. The number of carbonyl (C=O) groups excluding carboxylic acids is 1. The molecule has 27 heavy (non-hydrogen) atoms. The van der Waals surface area contributed by atoms with E-state index in [9.17, 15) is 4.79 Å². The van der Waals surface area contributed by atoms with Crippen LogP contribution in [0.1, 0.15) is 41.9 Å². The second-order valence-electron chi connectivity index (χ2n) is 8.14. The number of benzene rings is 2. The summed E-state index contributed by atoms with van der Waals surface area (Å²) < 4.78 is 1.09. The standard InChI is InChI=1S/C23H25BrN2O/c24-18-7-3-5-16(13-18)20-14-21(20)23(27)26-12-9-19-17(6-4-8-22(19)26)15-25-10-1-2-11-25/h3-8,13,20-21H,1-2,9-12,14-15H2. The predicted molar refractivity (Wildman–Crippen MR) is 112 cm³/mol. The third-order valence-corrected chi connectivity index (χ3v) is 6.86. The maximum atomic E-state index is 13.2. The van der Waals surface area contributed by atoms with E-state index >= 15 is 0 Å². The van der Waals surface area contributed by atoms with Crippen molar-refractivity contribution in [2.24, 2.45) is 5.92 Å². The highest BCUT2D eigenvalue weighted by molar-refractivity contribution is 9.10. The van der Waals surface area contributed by atoms with Crippen molar-refractivity contribution in [1.82, 2.24) is 4.90 Å². The van der Waals surface area contributed by atoms with Crippen LogP contribution in [0.4, 0.5) is 5.69 Å². The number of fused-ring (bicyclic) bond motifs is 1. The first-order valence-corrected chi connectivity index (χ1v) is 10.9. The van der Waals surface area contributed by atoms with Gasteiger partial charge in [-0.1, -0.05) is 40.2 Å². The fourth-order valence-electron chi connectivity index (χ4n) is 4.84. The molecule has 0 bridgehead atoms. The second-order valence-corrected chi connectivity index (χ2v) is 9.06. The first-order valence-electron chi connectivity index (χ1n) is 10.1. The summed E-state index contributed by atoms with van der Waals surface area (Å²) in [5.74, 6) is 0.844. The molecule has 0 radical (unpaired) electrons. The summed E-state index contributed by atoms with van der Waals surface area (Å²) in [6.07, 6.45) is 4.62. The van der Waals surface area contributed by atoms with Gasteiger partial charge < -0.3 is 4.90 Å². The number of carbonyl (C=O) groups is 1. The first kappa shape index (κ1) is 17.4. The molecule has 1 saturated carbocycles. The zero-order chi connectivity index (χ0) is 18.4. The van der Waals surface area contributed by atoms with Crippen molar-refractivity contribution in [2.45, 2.75) is 38.1 Å². The Balaban J connectivity index is 1.33. The van der Waals surface area contributed by atoms with Crippen LogP contribution in [0.2, 0.25) is 0 Å². The van der Waals surface area contributed by atoms with Crippen molar-refractivity contribution in [3.63, 3.8) is 0 Å². The monoisotopic (exact) mass is 424 g/mol. The Morgan fingerprint density at radius 3 is 2.70 bits per heavy atom. The van der Waals surface area contributed by atoms with Gasteiger partial charge in [-0.15, -0.1) is 0 Å². The molecule has 5 rings (SSSR count). The molecule has 3 nitrogen and oxygen atoms in total. The highest BCUT2D eigenvalue weighted by Gasteiger charge is 2.47. The number of anilines is 1. The number of amides is 1. The molecule has 0 N–H and O–H groups in total. The van der Waals surface area contributed by atoms with E-state index in [1.54, 1.807) is 0 Å². The van der Waals surface area contributed by atoms with Crippen LogP contribution in [0.25, 0.3) is 0 Å². The Kier molecular flexibility index (Phi) is 4.57. The van der Waals surface area contributed by atoms with Crippen LogP contribution in [0.5, 0.6) is 0 Å². The molecular weight excluding hydrogens is 400 g/mol. The van der Waals surface area contributed by atoms with Crippen LogP contribution in [-0.2, 0) is 17.8 Å². The van der Waals surface area contributed by atoms with Gasteiger partial charge in [0.2, 0.25) is 5.91 Å². The van der Waals surface area contributed by atoms with E-state index in [2.05, 4.69) is 62.1 Å². The van der Waals surface area contributed by atoms with Gasteiger partial charge in [-0.2, -0.15) is 0 Å². The van der Waals surface area contributed by atoms with E-state index < -0.39 is 0 Å².